The maximum atomic E-state index is 13.8. The highest BCUT2D eigenvalue weighted by atomic mass is 79.9. The first kappa shape index (κ1) is 24.6. The summed E-state index contributed by atoms with van der Waals surface area (Å²) in [5.74, 6) is -1.89. The molecule has 2 saturated heterocycles. The number of hydrogen-bond acceptors (Lipinski definition) is 7. The number of benzene rings is 2. The second-order valence-electron chi connectivity index (χ2n) is 9.06. The van der Waals surface area contributed by atoms with E-state index in [4.69, 9.17) is 4.74 Å². The van der Waals surface area contributed by atoms with Crippen LogP contribution in [0.2, 0.25) is 0 Å². The number of para-hydroxylation sites is 1. The topological polar surface area (TPSA) is 88.9 Å². The van der Waals surface area contributed by atoms with Gasteiger partial charge in [0.15, 0.2) is 0 Å². The molecule has 3 amide bonds. The number of ether oxygens (including phenoxy) is 1. The fourth-order valence-corrected chi connectivity index (χ4v) is 8.38. The maximum Gasteiger partial charge on any atom is 0.308 e. The lowest BCUT2D eigenvalue weighted by molar-refractivity contribution is -0.136. The summed E-state index contributed by atoms with van der Waals surface area (Å²) in [7, 11) is 0. The summed E-state index contributed by atoms with van der Waals surface area (Å²) >= 11 is 5.81. The van der Waals surface area contributed by atoms with Crippen molar-refractivity contribution in [3.05, 3.63) is 79.2 Å². The molecule has 0 saturated carbocycles. The highest BCUT2D eigenvalue weighted by Crippen LogP contribution is 2.54. The number of amides is 3. The molecule has 1 aromatic heterocycles. The highest BCUT2D eigenvalue weighted by Gasteiger charge is 2.56. The Morgan fingerprint density at radius 1 is 1.00 bits per heavy atom. The van der Waals surface area contributed by atoms with Crippen LogP contribution in [-0.2, 0) is 25.7 Å². The summed E-state index contributed by atoms with van der Waals surface area (Å²) < 4.78 is 7.66. The molecule has 0 bridgehead atoms. The molecule has 2 fully saturated rings. The van der Waals surface area contributed by atoms with Gasteiger partial charge in [0.25, 0.3) is 0 Å². The molecule has 8 nitrogen and oxygen atoms in total. The number of morpholine rings is 1. The summed E-state index contributed by atoms with van der Waals surface area (Å²) in [6.07, 6.45) is 0. The van der Waals surface area contributed by atoms with E-state index in [0.29, 0.717) is 37.0 Å². The Morgan fingerprint density at radius 3 is 2.49 bits per heavy atom. The number of carbonyl (C=O) groups is 3. The molecule has 0 radical (unpaired) electrons. The van der Waals surface area contributed by atoms with E-state index in [0.717, 1.165) is 26.3 Å². The van der Waals surface area contributed by atoms with Crippen LogP contribution in [0.4, 0.5) is 5.69 Å². The lowest BCUT2D eigenvalue weighted by Gasteiger charge is -2.31. The van der Waals surface area contributed by atoms with Crippen molar-refractivity contribution in [2.45, 2.75) is 22.7 Å². The molecule has 11 heteroatoms. The van der Waals surface area contributed by atoms with Gasteiger partial charge in [-0.2, -0.15) is 0 Å². The quantitative estimate of drug-likeness (QED) is 0.427. The van der Waals surface area contributed by atoms with Crippen LogP contribution in [0.15, 0.2) is 68.9 Å². The van der Waals surface area contributed by atoms with Gasteiger partial charge in [-0.1, -0.05) is 69.4 Å². The minimum absolute atomic E-state index is 0.106. The van der Waals surface area contributed by atoms with Gasteiger partial charge in [0.05, 0.1) is 29.8 Å². The van der Waals surface area contributed by atoms with E-state index < -0.39 is 17.1 Å². The Hall–Kier alpha value is -2.73. The molecule has 37 heavy (non-hydrogen) atoms. The summed E-state index contributed by atoms with van der Waals surface area (Å²) in [5, 5.41) is -0.109. The van der Waals surface area contributed by atoms with E-state index in [1.807, 2.05) is 30.3 Å². The number of aromatic nitrogens is 1. The number of anilines is 1. The zero-order chi connectivity index (χ0) is 25.7. The van der Waals surface area contributed by atoms with E-state index in [2.05, 4.69) is 15.9 Å². The largest absolute Gasteiger partial charge is 0.378 e. The number of fused-ring (bicyclic) bond motifs is 2. The number of hydrogen-bond donors (Lipinski definition) is 0. The van der Waals surface area contributed by atoms with Gasteiger partial charge in [0.2, 0.25) is 17.7 Å². The molecule has 4 heterocycles. The number of imide groups is 1. The van der Waals surface area contributed by atoms with Crippen LogP contribution in [0.1, 0.15) is 16.4 Å². The third-order valence-electron chi connectivity index (χ3n) is 6.93. The van der Waals surface area contributed by atoms with Crippen molar-refractivity contribution in [3.8, 4) is 0 Å². The normalized spacial score (nSPS) is 23.2. The van der Waals surface area contributed by atoms with Crippen LogP contribution in [0, 0.1) is 5.92 Å². The van der Waals surface area contributed by atoms with Crippen LogP contribution in [0.25, 0.3) is 0 Å². The summed E-state index contributed by atoms with van der Waals surface area (Å²) in [6.45, 7) is 1.80. The minimum Gasteiger partial charge on any atom is -0.378 e. The summed E-state index contributed by atoms with van der Waals surface area (Å²) in [5.41, 5.74) is 1.37. The molecule has 3 aliphatic heterocycles. The SMILES string of the molecule is O=C(Cn1c2c(sc1=O)[C@H](c1cccc(Br)c1)C1C(=O)N(c3ccccc3)C(=O)C1S2)N1CCOCC1. The Bertz CT molecular complexity index is 1450. The smallest absolute Gasteiger partial charge is 0.308 e. The zero-order valence-corrected chi connectivity index (χ0v) is 22.8. The summed E-state index contributed by atoms with van der Waals surface area (Å²) in [6, 6.07) is 16.5. The third kappa shape index (κ3) is 4.27. The fraction of sp³-hybridized carbons (Fsp3) is 0.308. The molecule has 3 aromatic rings. The maximum absolute atomic E-state index is 13.8. The van der Waals surface area contributed by atoms with Gasteiger partial charge in [-0.25, -0.2) is 4.90 Å². The van der Waals surface area contributed by atoms with Gasteiger partial charge in [-0.15, -0.1) is 0 Å². The first-order valence-corrected chi connectivity index (χ1v) is 14.4. The molecule has 3 atom stereocenters. The molecular weight excluding hydrogens is 578 g/mol. The van der Waals surface area contributed by atoms with E-state index in [9.17, 15) is 19.2 Å². The molecule has 2 unspecified atom stereocenters. The van der Waals surface area contributed by atoms with Crippen LogP contribution >= 0.6 is 39.0 Å². The lowest BCUT2D eigenvalue weighted by Crippen LogP contribution is -2.43. The van der Waals surface area contributed by atoms with Crippen LogP contribution in [0.3, 0.4) is 0 Å². The van der Waals surface area contributed by atoms with Crippen LogP contribution in [0.5, 0.6) is 0 Å². The van der Waals surface area contributed by atoms with E-state index in [-0.39, 0.29) is 29.1 Å². The molecule has 3 aliphatic rings. The lowest BCUT2D eigenvalue weighted by atomic mass is 9.83. The fourth-order valence-electron chi connectivity index (χ4n) is 5.19. The molecular formula is C26H22BrN3O5S2. The van der Waals surface area contributed by atoms with Gasteiger partial charge in [0, 0.05) is 28.4 Å². The van der Waals surface area contributed by atoms with Crippen LogP contribution < -0.4 is 9.77 Å². The molecule has 0 spiro atoms. The van der Waals surface area contributed by atoms with Crippen molar-refractivity contribution >= 4 is 62.4 Å². The average Bonchev–Trinajstić information content (AvgIpc) is 3.35. The third-order valence-corrected chi connectivity index (χ3v) is 10.0. The zero-order valence-electron chi connectivity index (χ0n) is 19.5. The Balaban J connectivity index is 1.44. The van der Waals surface area contributed by atoms with Gasteiger partial charge >= 0.3 is 4.87 Å². The van der Waals surface area contributed by atoms with Gasteiger partial charge in [0.1, 0.15) is 11.8 Å². The number of halogens is 1. The van der Waals surface area contributed by atoms with Gasteiger partial charge in [-0.3, -0.25) is 23.7 Å². The number of carbonyl (C=O) groups excluding carboxylic acids is 3. The molecule has 0 N–H and O–H groups in total. The molecule has 2 aromatic carbocycles. The van der Waals surface area contributed by atoms with Crippen molar-refractivity contribution in [1.82, 2.24) is 9.47 Å². The van der Waals surface area contributed by atoms with E-state index >= 15 is 0 Å². The van der Waals surface area contributed by atoms with Crippen molar-refractivity contribution in [3.63, 3.8) is 0 Å². The Labute approximate surface area is 229 Å². The van der Waals surface area contributed by atoms with Gasteiger partial charge < -0.3 is 9.64 Å². The van der Waals surface area contributed by atoms with Gasteiger partial charge in [-0.05, 0) is 29.8 Å². The number of nitrogens with zero attached hydrogens (tertiary/aromatic N) is 3. The first-order chi connectivity index (χ1) is 17.9. The predicted octanol–water partition coefficient (Wildman–Crippen LogP) is 3.33. The average molecular weight is 601 g/mol. The van der Waals surface area contributed by atoms with E-state index in [1.54, 1.807) is 29.2 Å². The van der Waals surface area contributed by atoms with E-state index in [1.165, 1.54) is 21.2 Å². The van der Waals surface area contributed by atoms with Crippen molar-refractivity contribution < 1.29 is 19.1 Å². The standard InChI is InChI=1S/C26H22BrN3O5S2/c27-16-6-4-5-15(13-16)19-20-21(24(33)30(23(20)32)17-7-2-1-3-8-17)36-25-22(19)37-26(34)29(25)14-18(31)28-9-11-35-12-10-28/h1-8,13,19-21H,9-12,14H2/t19-,20?,21?/m1/s1. The molecule has 6 rings (SSSR count). The molecule has 0 aliphatic carbocycles. The molecule has 190 valence electrons. The predicted molar refractivity (Wildman–Crippen MR) is 144 cm³/mol. The number of thiazole rings is 1. The number of rotatable bonds is 4. The van der Waals surface area contributed by atoms with Crippen molar-refractivity contribution in [1.29, 1.82) is 0 Å². The van der Waals surface area contributed by atoms with Crippen molar-refractivity contribution in [2.75, 3.05) is 31.2 Å². The second-order valence-corrected chi connectivity index (χ2v) is 12.1. The number of thioether (sulfide) groups is 1. The first-order valence-electron chi connectivity index (χ1n) is 11.9. The van der Waals surface area contributed by atoms with Crippen molar-refractivity contribution in [2.24, 2.45) is 5.92 Å². The Morgan fingerprint density at radius 2 is 1.76 bits per heavy atom. The second kappa shape index (κ2) is 9.86. The Kier molecular flexibility index (Phi) is 6.56. The highest BCUT2D eigenvalue weighted by molar-refractivity contribution is 9.10. The van der Waals surface area contributed by atoms with Crippen LogP contribution in [-0.4, -0.2) is 58.7 Å². The monoisotopic (exact) mass is 599 g/mol. The minimum atomic E-state index is -0.706. The summed E-state index contributed by atoms with van der Waals surface area (Å²) in [4.78, 5) is 57.2.